The lowest BCUT2D eigenvalue weighted by molar-refractivity contribution is 0.237. The molecule has 0 aliphatic heterocycles. The predicted octanol–water partition coefficient (Wildman–Crippen LogP) is 3.32. The van der Waals surface area contributed by atoms with Crippen LogP contribution in [0.3, 0.4) is 0 Å². The van der Waals surface area contributed by atoms with Crippen LogP contribution < -0.4 is 0 Å². The van der Waals surface area contributed by atoms with E-state index in [4.69, 9.17) is 5.26 Å². The minimum absolute atomic E-state index is 0.220. The van der Waals surface area contributed by atoms with E-state index in [1.165, 1.54) is 6.07 Å². The zero-order valence-corrected chi connectivity index (χ0v) is 11.0. The summed E-state index contributed by atoms with van der Waals surface area (Å²) in [6, 6.07) is 7.17. The van der Waals surface area contributed by atoms with Crippen molar-refractivity contribution in [2.24, 2.45) is 0 Å². The third-order valence-corrected chi connectivity index (χ3v) is 2.88. The average molecular weight is 285 g/mol. The second-order valence-corrected chi connectivity index (χ2v) is 4.81. The second-order valence-electron chi connectivity index (χ2n) is 3.89. The molecule has 0 saturated carbocycles. The van der Waals surface area contributed by atoms with Gasteiger partial charge in [-0.25, -0.2) is 4.39 Å². The molecular weight excluding hydrogens is 271 g/mol. The molecule has 0 radical (unpaired) electrons. The van der Waals surface area contributed by atoms with Gasteiger partial charge in [-0.3, -0.25) is 4.90 Å². The van der Waals surface area contributed by atoms with Crippen LogP contribution in [0, 0.1) is 17.1 Å². The second kappa shape index (κ2) is 5.97. The fraction of sp³-hybridized carbons (Fsp3) is 0.417. The molecule has 0 unspecified atom stereocenters. The summed E-state index contributed by atoms with van der Waals surface area (Å²) in [4.78, 5) is 1.92. The van der Waals surface area contributed by atoms with Gasteiger partial charge >= 0.3 is 0 Å². The summed E-state index contributed by atoms with van der Waals surface area (Å²) < 4.78 is 14.4. The van der Waals surface area contributed by atoms with Gasteiger partial charge in [-0.15, -0.1) is 0 Å². The molecule has 0 aromatic heterocycles. The van der Waals surface area contributed by atoms with E-state index in [0.29, 0.717) is 18.7 Å². The Hall–Kier alpha value is -0.920. The first-order chi connectivity index (χ1) is 7.54. The van der Waals surface area contributed by atoms with Crippen LogP contribution in [-0.2, 0) is 6.54 Å². The van der Waals surface area contributed by atoms with Crippen molar-refractivity contribution in [3.8, 4) is 6.07 Å². The number of hydrogen-bond donors (Lipinski definition) is 0. The maximum atomic E-state index is 13.5. The maximum absolute atomic E-state index is 13.5. The molecule has 0 saturated heterocycles. The molecule has 16 heavy (non-hydrogen) atoms. The van der Waals surface area contributed by atoms with Gasteiger partial charge in [-0.05, 0) is 32.0 Å². The van der Waals surface area contributed by atoms with Gasteiger partial charge < -0.3 is 0 Å². The lowest BCUT2D eigenvalue weighted by atomic mass is 10.2. The van der Waals surface area contributed by atoms with Gasteiger partial charge in [-0.1, -0.05) is 15.9 Å². The average Bonchev–Trinajstić information content (AvgIpc) is 2.22. The van der Waals surface area contributed by atoms with E-state index in [-0.39, 0.29) is 11.9 Å². The molecule has 0 amide bonds. The van der Waals surface area contributed by atoms with E-state index in [1.54, 1.807) is 12.1 Å². The third kappa shape index (κ3) is 3.58. The number of benzene rings is 1. The first-order valence-corrected chi connectivity index (χ1v) is 5.89. The van der Waals surface area contributed by atoms with E-state index >= 15 is 0 Å². The summed E-state index contributed by atoms with van der Waals surface area (Å²) >= 11 is 3.31. The summed E-state index contributed by atoms with van der Waals surface area (Å²) in [7, 11) is 0. The van der Waals surface area contributed by atoms with Crippen molar-refractivity contribution < 1.29 is 4.39 Å². The highest BCUT2D eigenvalue weighted by Crippen LogP contribution is 2.18. The Labute approximate surface area is 104 Å². The SMILES string of the molecule is CC(C)N(CC#N)Cc1cc(Br)ccc1F. The molecule has 0 aliphatic carbocycles. The number of nitrogens with zero attached hydrogens (tertiary/aromatic N) is 2. The molecule has 0 fully saturated rings. The van der Waals surface area contributed by atoms with Gasteiger partial charge in [0.1, 0.15) is 5.82 Å². The van der Waals surface area contributed by atoms with Gasteiger partial charge in [0.05, 0.1) is 12.6 Å². The maximum Gasteiger partial charge on any atom is 0.127 e. The first-order valence-electron chi connectivity index (χ1n) is 5.09. The topological polar surface area (TPSA) is 27.0 Å². The molecule has 1 rings (SSSR count). The van der Waals surface area contributed by atoms with Gasteiger partial charge in [0.2, 0.25) is 0 Å². The van der Waals surface area contributed by atoms with Crippen molar-refractivity contribution in [3.05, 3.63) is 34.1 Å². The van der Waals surface area contributed by atoms with Crippen molar-refractivity contribution in [3.63, 3.8) is 0 Å². The van der Waals surface area contributed by atoms with Crippen LogP contribution in [0.5, 0.6) is 0 Å². The Bertz CT molecular complexity index is 398. The molecule has 1 aromatic carbocycles. The van der Waals surface area contributed by atoms with E-state index < -0.39 is 0 Å². The Morgan fingerprint density at radius 1 is 1.50 bits per heavy atom. The summed E-state index contributed by atoms with van der Waals surface area (Å²) in [6.45, 7) is 4.75. The molecule has 0 N–H and O–H groups in total. The standard InChI is InChI=1S/C12H14BrFN2/c1-9(2)16(6-5-15)8-10-7-11(13)3-4-12(10)14/h3-4,7,9H,6,8H2,1-2H3. The van der Waals surface area contributed by atoms with Crippen LogP contribution in [0.25, 0.3) is 0 Å². The molecular formula is C12H14BrFN2. The third-order valence-electron chi connectivity index (χ3n) is 2.39. The largest absolute Gasteiger partial charge is 0.284 e. The van der Waals surface area contributed by atoms with Gasteiger partial charge in [0.15, 0.2) is 0 Å². The number of hydrogen-bond acceptors (Lipinski definition) is 2. The molecule has 0 heterocycles. The van der Waals surface area contributed by atoms with Crippen molar-refractivity contribution in [2.75, 3.05) is 6.54 Å². The van der Waals surface area contributed by atoms with Crippen molar-refractivity contribution in [1.29, 1.82) is 5.26 Å². The van der Waals surface area contributed by atoms with Gasteiger partial charge in [0.25, 0.3) is 0 Å². The zero-order chi connectivity index (χ0) is 12.1. The van der Waals surface area contributed by atoms with E-state index in [2.05, 4.69) is 22.0 Å². The lowest BCUT2D eigenvalue weighted by Crippen LogP contribution is -2.31. The van der Waals surface area contributed by atoms with Crippen molar-refractivity contribution in [1.82, 2.24) is 4.90 Å². The molecule has 4 heteroatoms. The monoisotopic (exact) mass is 284 g/mol. The summed E-state index contributed by atoms with van der Waals surface area (Å²) in [5.41, 5.74) is 0.610. The molecule has 2 nitrogen and oxygen atoms in total. The Morgan fingerprint density at radius 2 is 2.19 bits per heavy atom. The first kappa shape index (κ1) is 13.1. The fourth-order valence-electron chi connectivity index (χ4n) is 1.40. The number of rotatable bonds is 4. The van der Waals surface area contributed by atoms with Crippen molar-refractivity contribution in [2.45, 2.75) is 26.4 Å². The minimum atomic E-state index is -0.230. The summed E-state index contributed by atoms with van der Waals surface area (Å²) in [5, 5.41) is 8.69. The molecule has 0 aliphatic rings. The minimum Gasteiger partial charge on any atom is -0.284 e. The van der Waals surface area contributed by atoms with E-state index in [0.717, 1.165) is 4.47 Å². The molecule has 0 bridgehead atoms. The van der Waals surface area contributed by atoms with Crippen LogP contribution in [-0.4, -0.2) is 17.5 Å². The highest BCUT2D eigenvalue weighted by molar-refractivity contribution is 9.10. The predicted molar refractivity (Wildman–Crippen MR) is 65.3 cm³/mol. The zero-order valence-electron chi connectivity index (χ0n) is 9.37. The molecule has 1 aromatic rings. The Kier molecular flexibility index (Phi) is 4.91. The van der Waals surface area contributed by atoms with Gasteiger partial charge in [-0.2, -0.15) is 5.26 Å². The normalized spacial score (nSPS) is 10.8. The quantitative estimate of drug-likeness (QED) is 0.793. The van der Waals surface area contributed by atoms with Crippen LogP contribution >= 0.6 is 15.9 Å². The molecule has 0 atom stereocenters. The summed E-state index contributed by atoms with van der Waals surface area (Å²) in [5.74, 6) is -0.230. The van der Waals surface area contributed by atoms with E-state index in [1.807, 2.05) is 18.7 Å². The molecule has 0 spiro atoms. The van der Waals surface area contributed by atoms with Crippen LogP contribution in [0.2, 0.25) is 0 Å². The number of halogens is 2. The fourth-order valence-corrected chi connectivity index (χ4v) is 1.80. The van der Waals surface area contributed by atoms with E-state index in [9.17, 15) is 4.39 Å². The van der Waals surface area contributed by atoms with Crippen LogP contribution in [0.15, 0.2) is 22.7 Å². The highest BCUT2D eigenvalue weighted by Gasteiger charge is 2.12. The highest BCUT2D eigenvalue weighted by atomic mass is 79.9. The van der Waals surface area contributed by atoms with Gasteiger partial charge in [0, 0.05) is 22.6 Å². The van der Waals surface area contributed by atoms with Crippen LogP contribution in [0.4, 0.5) is 4.39 Å². The molecule has 86 valence electrons. The number of nitriles is 1. The summed E-state index contributed by atoms with van der Waals surface area (Å²) in [6.07, 6.45) is 0. The Balaban J connectivity index is 2.85. The van der Waals surface area contributed by atoms with Crippen molar-refractivity contribution >= 4 is 15.9 Å². The Morgan fingerprint density at radius 3 is 2.75 bits per heavy atom. The lowest BCUT2D eigenvalue weighted by Gasteiger charge is -2.23. The van der Waals surface area contributed by atoms with Crippen LogP contribution in [0.1, 0.15) is 19.4 Å². The smallest absolute Gasteiger partial charge is 0.127 e.